The minimum atomic E-state index is -0.596. The van der Waals surface area contributed by atoms with Crippen LogP contribution in [-0.2, 0) is 4.79 Å². The van der Waals surface area contributed by atoms with Crippen LogP contribution in [0.5, 0.6) is 11.5 Å². The van der Waals surface area contributed by atoms with Gasteiger partial charge in [-0.05, 0) is 43.3 Å². The molecule has 6 heteroatoms. The molecule has 0 N–H and O–H groups in total. The second-order valence-corrected chi connectivity index (χ2v) is 6.78. The van der Waals surface area contributed by atoms with Crippen molar-refractivity contribution in [3.8, 4) is 11.5 Å². The largest absolute Gasteiger partial charge is 0.485 e. The van der Waals surface area contributed by atoms with Crippen molar-refractivity contribution < 1.29 is 19.1 Å². The second-order valence-electron chi connectivity index (χ2n) is 6.78. The molecule has 2 aliphatic heterocycles. The maximum absolute atomic E-state index is 12.8. The Morgan fingerprint density at radius 2 is 1.59 bits per heavy atom. The Balaban J connectivity index is 1.35. The summed E-state index contributed by atoms with van der Waals surface area (Å²) in [5, 5.41) is 0. The number of fused-ring (bicyclic) bond motifs is 1. The summed E-state index contributed by atoms with van der Waals surface area (Å²) in [7, 11) is 0. The van der Waals surface area contributed by atoms with Crippen LogP contribution in [0.3, 0.4) is 0 Å². The van der Waals surface area contributed by atoms with Crippen molar-refractivity contribution in [1.82, 2.24) is 4.90 Å². The van der Waals surface area contributed by atoms with E-state index in [1.165, 1.54) is 0 Å². The predicted molar refractivity (Wildman–Crippen MR) is 102 cm³/mol. The molecule has 27 heavy (non-hydrogen) atoms. The number of piperazine rings is 1. The van der Waals surface area contributed by atoms with E-state index >= 15 is 0 Å². The summed E-state index contributed by atoms with van der Waals surface area (Å²) >= 11 is 0. The van der Waals surface area contributed by atoms with E-state index in [9.17, 15) is 9.59 Å². The maximum Gasteiger partial charge on any atom is 0.267 e. The van der Waals surface area contributed by atoms with Crippen LogP contribution in [0.2, 0.25) is 0 Å². The van der Waals surface area contributed by atoms with E-state index in [0.717, 1.165) is 18.8 Å². The molecule has 4 rings (SSSR count). The SMILES string of the molecule is CC(=O)c1ccc(N2CCN(C(=O)C3COc4ccccc4O3)CC2)cc1. The Bertz CT molecular complexity index is 842. The van der Waals surface area contributed by atoms with Crippen LogP contribution in [0.1, 0.15) is 17.3 Å². The number of para-hydroxylation sites is 2. The topological polar surface area (TPSA) is 59.1 Å². The van der Waals surface area contributed by atoms with Crippen LogP contribution < -0.4 is 14.4 Å². The highest BCUT2D eigenvalue weighted by Gasteiger charge is 2.32. The lowest BCUT2D eigenvalue weighted by Crippen LogP contribution is -2.54. The highest BCUT2D eigenvalue weighted by atomic mass is 16.6. The Hall–Kier alpha value is -3.02. The van der Waals surface area contributed by atoms with Gasteiger partial charge in [0.15, 0.2) is 17.3 Å². The van der Waals surface area contributed by atoms with Gasteiger partial charge in [-0.15, -0.1) is 0 Å². The predicted octanol–water partition coefficient (Wildman–Crippen LogP) is 2.38. The number of hydrogen-bond acceptors (Lipinski definition) is 5. The molecule has 0 radical (unpaired) electrons. The van der Waals surface area contributed by atoms with Crippen LogP contribution >= 0.6 is 0 Å². The van der Waals surface area contributed by atoms with E-state index in [4.69, 9.17) is 9.47 Å². The van der Waals surface area contributed by atoms with Crippen molar-refractivity contribution in [3.63, 3.8) is 0 Å². The highest BCUT2D eigenvalue weighted by Crippen LogP contribution is 2.31. The fraction of sp³-hybridized carbons (Fsp3) is 0.333. The number of hydrogen-bond donors (Lipinski definition) is 0. The van der Waals surface area contributed by atoms with Gasteiger partial charge in [0, 0.05) is 37.4 Å². The molecule has 2 aromatic rings. The van der Waals surface area contributed by atoms with Crippen molar-refractivity contribution in [2.24, 2.45) is 0 Å². The van der Waals surface area contributed by atoms with Gasteiger partial charge < -0.3 is 19.3 Å². The van der Waals surface area contributed by atoms with Crippen molar-refractivity contribution in [2.75, 3.05) is 37.7 Å². The molecule has 0 aromatic heterocycles. The molecule has 140 valence electrons. The van der Waals surface area contributed by atoms with Crippen molar-refractivity contribution in [3.05, 3.63) is 54.1 Å². The minimum absolute atomic E-state index is 0.0314. The summed E-state index contributed by atoms with van der Waals surface area (Å²) in [4.78, 5) is 28.2. The number of rotatable bonds is 3. The number of ketones is 1. The van der Waals surface area contributed by atoms with Gasteiger partial charge >= 0.3 is 0 Å². The zero-order valence-electron chi connectivity index (χ0n) is 15.3. The normalized spacial score (nSPS) is 18.9. The Morgan fingerprint density at radius 3 is 2.26 bits per heavy atom. The van der Waals surface area contributed by atoms with Crippen LogP contribution in [0, 0.1) is 0 Å². The van der Waals surface area contributed by atoms with Crippen molar-refractivity contribution >= 4 is 17.4 Å². The standard InChI is InChI=1S/C21H22N2O4/c1-15(24)16-6-8-17(9-7-16)22-10-12-23(13-11-22)21(25)20-14-26-18-4-2-3-5-19(18)27-20/h2-9,20H,10-14H2,1H3. The smallest absolute Gasteiger partial charge is 0.267 e. The average Bonchev–Trinajstić information content (AvgIpc) is 2.73. The zero-order chi connectivity index (χ0) is 18.8. The molecule has 2 aromatic carbocycles. The summed E-state index contributed by atoms with van der Waals surface area (Å²) in [6, 6.07) is 15.0. The number of benzene rings is 2. The number of nitrogens with zero attached hydrogens (tertiary/aromatic N) is 2. The third-order valence-corrected chi connectivity index (χ3v) is 5.01. The van der Waals surface area contributed by atoms with Gasteiger partial charge in [0.2, 0.25) is 6.10 Å². The monoisotopic (exact) mass is 366 g/mol. The van der Waals surface area contributed by atoms with Crippen LogP contribution in [-0.4, -0.2) is 55.5 Å². The van der Waals surface area contributed by atoms with Gasteiger partial charge in [-0.2, -0.15) is 0 Å². The minimum Gasteiger partial charge on any atom is -0.485 e. The molecule has 2 aliphatic rings. The summed E-state index contributed by atoms with van der Waals surface area (Å²) < 4.78 is 11.5. The summed E-state index contributed by atoms with van der Waals surface area (Å²) in [6.07, 6.45) is -0.596. The maximum atomic E-state index is 12.8. The van der Waals surface area contributed by atoms with Gasteiger partial charge in [0.25, 0.3) is 5.91 Å². The number of anilines is 1. The lowest BCUT2D eigenvalue weighted by molar-refractivity contribution is -0.141. The number of carbonyl (C=O) groups is 2. The van der Waals surface area contributed by atoms with E-state index in [-0.39, 0.29) is 18.3 Å². The zero-order valence-corrected chi connectivity index (χ0v) is 15.3. The molecule has 1 unspecified atom stereocenters. The molecule has 1 saturated heterocycles. The number of amides is 1. The number of carbonyl (C=O) groups excluding carboxylic acids is 2. The van der Waals surface area contributed by atoms with Gasteiger partial charge in [0.1, 0.15) is 6.61 Å². The van der Waals surface area contributed by atoms with E-state index in [1.807, 2.05) is 53.4 Å². The molecule has 0 bridgehead atoms. The molecule has 0 saturated carbocycles. The molecule has 1 atom stereocenters. The molecule has 0 spiro atoms. The Labute approximate surface area is 158 Å². The van der Waals surface area contributed by atoms with Gasteiger partial charge in [-0.1, -0.05) is 12.1 Å². The highest BCUT2D eigenvalue weighted by molar-refractivity contribution is 5.94. The first-order valence-corrected chi connectivity index (χ1v) is 9.15. The van der Waals surface area contributed by atoms with Crippen LogP contribution in [0.15, 0.2) is 48.5 Å². The Kier molecular flexibility index (Phi) is 4.71. The van der Waals surface area contributed by atoms with Crippen molar-refractivity contribution in [1.29, 1.82) is 0 Å². The lowest BCUT2D eigenvalue weighted by Gasteiger charge is -2.38. The number of Topliss-reactive ketones (excluding diaryl/α,β-unsaturated/α-hetero) is 1. The summed E-state index contributed by atoms with van der Waals surface area (Å²) in [6.45, 7) is 4.56. The van der Waals surface area contributed by atoms with E-state index in [1.54, 1.807) is 6.92 Å². The first-order valence-electron chi connectivity index (χ1n) is 9.15. The molecule has 2 heterocycles. The first-order chi connectivity index (χ1) is 13.1. The fourth-order valence-corrected chi connectivity index (χ4v) is 3.44. The van der Waals surface area contributed by atoms with E-state index < -0.39 is 6.10 Å². The molecular formula is C21H22N2O4. The second kappa shape index (κ2) is 7.31. The van der Waals surface area contributed by atoms with Gasteiger partial charge in [0.05, 0.1) is 0 Å². The van der Waals surface area contributed by atoms with E-state index in [0.29, 0.717) is 30.2 Å². The average molecular weight is 366 g/mol. The van der Waals surface area contributed by atoms with Crippen molar-refractivity contribution in [2.45, 2.75) is 13.0 Å². The number of ether oxygens (including phenoxy) is 2. The Morgan fingerprint density at radius 1 is 0.926 bits per heavy atom. The van der Waals surface area contributed by atoms with Crippen LogP contribution in [0.25, 0.3) is 0 Å². The molecule has 0 aliphatic carbocycles. The fourth-order valence-electron chi connectivity index (χ4n) is 3.44. The molecule has 6 nitrogen and oxygen atoms in total. The molecule has 1 amide bonds. The van der Waals surface area contributed by atoms with E-state index in [2.05, 4.69) is 4.90 Å². The summed E-state index contributed by atoms with van der Waals surface area (Å²) in [5.74, 6) is 1.33. The quantitative estimate of drug-likeness (QED) is 0.781. The first kappa shape index (κ1) is 17.4. The summed E-state index contributed by atoms with van der Waals surface area (Å²) in [5.41, 5.74) is 1.78. The molecular weight excluding hydrogens is 344 g/mol. The van der Waals surface area contributed by atoms with Gasteiger partial charge in [-0.3, -0.25) is 9.59 Å². The molecule has 1 fully saturated rings. The third kappa shape index (κ3) is 3.60. The van der Waals surface area contributed by atoms with Gasteiger partial charge in [-0.25, -0.2) is 0 Å². The van der Waals surface area contributed by atoms with Crippen LogP contribution in [0.4, 0.5) is 5.69 Å². The third-order valence-electron chi connectivity index (χ3n) is 5.01. The lowest BCUT2D eigenvalue weighted by atomic mass is 10.1.